The number of likely N-dealkylation sites (tertiary alicyclic amines) is 1. The summed E-state index contributed by atoms with van der Waals surface area (Å²) in [5.74, 6) is -1.53. The lowest BCUT2D eigenvalue weighted by Gasteiger charge is -2.30. The van der Waals surface area contributed by atoms with Gasteiger partial charge in [0.05, 0.1) is 5.92 Å². The van der Waals surface area contributed by atoms with Crippen molar-refractivity contribution in [3.05, 3.63) is 24.3 Å². The van der Waals surface area contributed by atoms with Crippen LogP contribution in [0.4, 0.5) is 0 Å². The molecular weight excluding hydrogens is 222 g/mol. The fourth-order valence-electron chi connectivity index (χ4n) is 1.94. The largest absolute Gasteiger partial charge is 0.481 e. The minimum Gasteiger partial charge on any atom is -0.481 e. The van der Waals surface area contributed by atoms with E-state index in [4.69, 9.17) is 5.11 Å². The van der Waals surface area contributed by atoms with Crippen molar-refractivity contribution < 1.29 is 14.7 Å². The van der Waals surface area contributed by atoms with E-state index in [1.165, 1.54) is 18.6 Å². The monoisotopic (exact) mass is 235 g/mol. The molecule has 0 aliphatic carbocycles. The molecule has 6 heteroatoms. The number of hydrogen-bond donors (Lipinski definition) is 1. The molecule has 0 bridgehead atoms. The number of nitrogens with zero attached hydrogens (tertiary/aromatic N) is 3. The van der Waals surface area contributed by atoms with Gasteiger partial charge in [0, 0.05) is 19.3 Å². The maximum absolute atomic E-state index is 12.0. The molecule has 90 valence electrons. The van der Waals surface area contributed by atoms with E-state index in [9.17, 15) is 9.59 Å². The fraction of sp³-hybridized carbons (Fsp3) is 0.455. The van der Waals surface area contributed by atoms with E-state index in [0.717, 1.165) is 0 Å². The molecule has 1 unspecified atom stereocenters. The number of aliphatic carboxylic acids is 1. The molecule has 1 N–H and O–H groups in total. The normalized spacial score (nSPS) is 20.0. The first-order valence-electron chi connectivity index (χ1n) is 5.46. The Balaban J connectivity index is 2.07. The van der Waals surface area contributed by atoms with Crippen molar-refractivity contribution in [3.63, 3.8) is 0 Å². The highest BCUT2D eigenvalue weighted by Gasteiger charge is 2.28. The maximum Gasteiger partial charge on any atom is 0.308 e. The van der Waals surface area contributed by atoms with Crippen LogP contribution in [0.25, 0.3) is 0 Å². The Kier molecular flexibility index (Phi) is 3.32. The number of aromatic nitrogens is 2. The number of carbonyl (C=O) groups excluding carboxylic acids is 1. The number of amides is 1. The average Bonchev–Trinajstić information content (AvgIpc) is 2.39. The molecule has 1 aliphatic heterocycles. The van der Waals surface area contributed by atoms with Gasteiger partial charge in [-0.25, -0.2) is 9.97 Å². The van der Waals surface area contributed by atoms with Gasteiger partial charge in [0.15, 0.2) is 0 Å². The molecule has 2 heterocycles. The fourth-order valence-corrected chi connectivity index (χ4v) is 1.94. The van der Waals surface area contributed by atoms with Crippen molar-refractivity contribution in [2.45, 2.75) is 12.8 Å². The Morgan fingerprint density at radius 1 is 1.47 bits per heavy atom. The highest BCUT2D eigenvalue weighted by Crippen LogP contribution is 2.18. The second-order valence-corrected chi connectivity index (χ2v) is 4.02. The second-order valence-electron chi connectivity index (χ2n) is 4.02. The topological polar surface area (TPSA) is 83.4 Å². The molecule has 6 nitrogen and oxygen atoms in total. The lowest BCUT2D eigenvalue weighted by atomic mass is 9.98. The number of carbonyl (C=O) groups is 2. The maximum atomic E-state index is 12.0. The number of carboxylic acid groups (broad SMARTS) is 1. The third-order valence-corrected chi connectivity index (χ3v) is 2.86. The Morgan fingerprint density at radius 3 is 2.94 bits per heavy atom. The molecule has 0 spiro atoms. The Morgan fingerprint density at radius 2 is 2.29 bits per heavy atom. The summed E-state index contributed by atoms with van der Waals surface area (Å²) in [4.78, 5) is 32.1. The predicted octanol–water partition coefficient (Wildman–Crippen LogP) is 0.413. The van der Waals surface area contributed by atoms with Gasteiger partial charge in [0.25, 0.3) is 5.91 Å². The van der Waals surface area contributed by atoms with E-state index >= 15 is 0 Å². The van der Waals surface area contributed by atoms with Crippen molar-refractivity contribution in [1.29, 1.82) is 0 Å². The van der Waals surface area contributed by atoms with E-state index in [2.05, 4.69) is 9.97 Å². The zero-order chi connectivity index (χ0) is 12.3. The standard InChI is InChI=1S/C11H13N3O3/c15-10(9-3-4-12-7-13-9)14-5-1-2-8(6-14)11(16)17/h3-4,7-8H,1-2,5-6H2,(H,16,17). The summed E-state index contributed by atoms with van der Waals surface area (Å²) in [7, 11) is 0. The molecule has 1 aromatic rings. The molecule has 2 rings (SSSR count). The first-order chi connectivity index (χ1) is 8.18. The molecule has 1 atom stereocenters. The van der Waals surface area contributed by atoms with E-state index in [0.29, 0.717) is 25.1 Å². The summed E-state index contributed by atoms with van der Waals surface area (Å²) in [5.41, 5.74) is 0.311. The number of hydrogen-bond acceptors (Lipinski definition) is 4. The highest BCUT2D eigenvalue weighted by atomic mass is 16.4. The zero-order valence-corrected chi connectivity index (χ0v) is 9.24. The number of rotatable bonds is 2. The third-order valence-electron chi connectivity index (χ3n) is 2.86. The van der Waals surface area contributed by atoms with Crippen LogP contribution in [-0.4, -0.2) is 44.9 Å². The summed E-state index contributed by atoms with van der Waals surface area (Å²) in [5, 5.41) is 8.94. The summed E-state index contributed by atoms with van der Waals surface area (Å²) < 4.78 is 0. The average molecular weight is 235 g/mol. The van der Waals surface area contributed by atoms with Gasteiger partial charge in [-0.3, -0.25) is 9.59 Å². The van der Waals surface area contributed by atoms with Crippen molar-refractivity contribution in [2.75, 3.05) is 13.1 Å². The van der Waals surface area contributed by atoms with Crippen LogP contribution in [0.5, 0.6) is 0 Å². The smallest absolute Gasteiger partial charge is 0.308 e. The van der Waals surface area contributed by atoms with Crippen LogP contribution in [0.1, 0.15) is 23.3 Å². The molecule has 0 radical (unpaired) electrons. The van der Waals surface area contributed by atoms with Crippen LogP contribution < -0.4 is 0 Å². The van der Waals surface area contributed by atoms with Crippen LogP contribution in [0.15, 0.2) is 18.6 Å². The minimum atomic E-state index is -0.842. The Labute approximate surface area is 98.3 Å². The molecule has 1 aromatic heterocycles. The molecule has 0 aromatic carbocycles. The summed E-state index contributed by atoms with van der Waals surface area (Å²) in [6.45, 7) is 0.852. The van der Waals surface area contributed by atoms with Gasteiger partial charge >= 0.3 is 5.97 Å². The van der Waals surface area contributed by atoms with E-state index in [-0.39, 0.29) is 12.5 Å². The van der Waals surface area contributed by atoms with Crippen LogP contribution in [0.3, 0.4) is 0 Å². The van der Waals surface area contributed by atoms with Crippen molar-refractivity contribution in [3.8, 4) is 0 Å². The number of carboxylic acids is 1. The first kappa shape index (κ1) is 11.5. The minimum absolute atomic E-state index is 0.224. The van der Waals surface area contributed by atoms with E-state index < -0.39 is 11.9 Å². The Hall–Kier alpha value is -1.98. The van der Waals surface area contributed by atoms with Gasteiger partial charge in [-0.1, -0.05) is 0 Å². The second kappa shape index (κ2) is 4.90. The van der Waals surface area contributed by atoms with Crippen LogP contribution in [0.2, 0.25) is 0 Å². The van der Waals surface area contributed by atoms with Gasteiger partial charge in [-0.15, -0.1) is 0 Å². The van der Waals surface area contributed by atoms with Gasteiger partial charge in [0.1, 0.15) is 12.0 Å². The van der Waals surface area contributed by atoms with Crippen LogP contribution in [0, 0.1) is 5.92 Å². The van der Waals surface area contributed by atoms with E-state index in [1.54, 1.807) is 4.90 Å². The van der Waals surface area contributed by atoms with Crippen molar-refractivity contribution in [1.82, 2.24) is 14.9 Å². The molecule has 17 heavy (non-hydrogen) atoms. The van der Waals surface area contributed by atoms with Gasteiger partial charge in [-0.2, -0.15) is 0 Å². The highest BCUT2D eigenvalue weighted by molar-refractivity contribution is 5.92. The van der Waals surface area contributed by atoms with E-state index in [1.807, 2.05) is 0 Å². The molecule has 1 fully saturated rings. The van der Waals surface area contributed by atoms with Gasteiger partial charge < -0.3 is 10.0 Å². The van der Waals surface area contributed by atoms with Gasteiger partial charge in [-0.05, 0) is 18.9 Å². The summed E-state index contributed by atoms with van der Waals surface area (Å²) in [6, 6.07) is 1.53. The molecular formula is C11H13N3O3. The lowest BCUT2D eigenvalue weighted by Crippen LogP contribution is -2.42. The van der Waals surface area contributed by atoms with Crippen LogP contribution in [-0.2, 0) is 4.79 Å². The number of piperidine rings is 1. The van der Waals surface area contributed by atoms with Crippen LogP contribution >= 0.6 is 0 Å². The first-order valence-corrected chi connectivity index (χ1v) is 5.46. The van der Waals surface area contributed by atoms with Crippen molar-refractivity contribution >= 4 is 11.9 Å². The molecule has 1 saturated heterocycles. The molecule has 1 amide bonds. The van der Waals surface area contributed by atoms with Crippen molar-refractivity contribution in [2.24, 2.45) is 5.92 Å². The molecule has 0 saturated carbocycles. The molecule has 1 aliphatic rings. The Bertz CT molecular complexity index is 421. The third kappa shape index (κ3) is 2.58. The SMILES string of the molecule is O=C(O)C1CCCN(C(=O)c2ccncn2)C1. The van der Waals surface area contributed by atoms with Gasteiger partial charge in [0.2, 0.25) is 0 Å². The predicted molar refractivity (Wildman–Crippen MR) is 58.3 cm³/mol. The summed E-state index contributed by atoms with van der Waals surface area (Å²) >= 11 is 0. The quantitative estimate of drug-likeness (QED) is 0.802. The summed E-state index contributed by atoms with van der Waals surface area (Å²) in [6.07, 6.45) is 4.15. The lowest BCUT2D eigenvalue weighted by molar-refractivity contribution is -0.143. The zero-order valence-electron chi connectivity index (χ0n) is 9.24.